The Labute approximate surface area is 208 Å². The molecule has 9 nitrogen and oxygen atoms in total. The predicted octanol–water partition coefficient (Wildman–Crippen LogP) is 5.01. The first-order valence-electron chi connectivity index (χ1n) is 12.4. The van der Waals surface area contributed by atoms with E-state index in [9.17, 15) is 9.59 Å². The van der Waals surface area contributed by atoms with E-state index in [1.54, 1.807) is 33.2 Å². The summed E-state index contributed by atoms with van der Waals surface area (Å²) in [7, 11) is 1.80. The molecule has 0 aliphatic heterocycles. The van der Waals surface area contributed by atoms with E-state index in [1.807, 2.05) is 41.2 Å². The molecule has 1 saturated carbocycles. The third-order valence-corrected chi connectivity index (χ3v) is 6.57. The Bertz CT molecular complexity index is 1500. The number of aromatic amines is 1. The summed E-state index contributed by atoms with van der Waals surface area (Å²) in [6.07, 6.45) is 7.80. The van der Waals surface area contributed by atoms with Crippen LogP contribution in [-0.2, 0) is 4.74 Å². The summed E-state index contributed by atoms with van der Waals surface area (Å²) in [5, 5.41) is 9.62. The van der Waals surface area contributed by atoms with Crippen LogP contribution in [0.1, 0.15) is 56.1 Å². The van der Waals surface area contributed by atoms with Crippen LogP contribution in [0.15, 0.2) is 52.4 Å². The van der Waals surface area contributed by atoms with Crippen LogP contribution in [0.25, 0.3) is 21.8 Å². The lowest BCUT2D eigenvalue weighted by atomic mass is 9.85. The van der Waals surface area contributed by atoms with E-state index in [2.05, 4.69) is 20.3 Å². The van der Waals surface area contributed by atoms with Gasteiger partial charge in [0.15, 0.2) is 5.82 Å². The summed E-state index contributed by atoms with van der Waals surface area (Å²) in [5.41, 5.74) is 2.33. The number of hydrogen-bond donors (Lipinski definition) is 2. The number of pyridine rings is 2. The van der Waals surface area contributed by atoms with Crippen LogP contribution < -0.4 is 10.9 Å². The first-order valence-corrected chi connectivity index (χ1v) is 12.4. The molecule has 4 aromatic rings. The van der Waals surface area contributed by atoms with Crippen molar-refractivity contribution < 1.29 is 9.53 Å². The Hall–Kier alpha value is -4.01. The molecule has 1 aliphatic carbocycles. The second kappa shape index (κ2) is 9.93. The van der Waals surface area contributed by atoms with Crippen molar-refractivity contribution >= 4 is 45.5 Å². The second-order valence-electron chi connectivity index (χ2n) is 9.47. The Morgan fingerprint density at radius 1 is 1.22 bits per heavy atom. The van der Waals surface area contributed by atoms with Crippen molar-refractivity contribution in [2.24, 2.45) is 10.9 Å². The van der Waals surface area contributed by atoms with Gasteiger partial charge in [-0.1, -0.05) is 18.9 Å². The van der Waals surface area contributed by atoms with E-state index in [-0.39, 0.29) is 29.3 Å². The Morgan fingerprint density at radius 2 is 2.06 bits per heavy atom. The third kappa shape index (κ3) is 4.60. The van der Waals surface area contributed by atoms with Gasteiger partial charge in [0.1, 0.15) is 11.1 Å². The van der Waals surface area contributed by atoms with Gasteiger partial charge in [-0.05, 0) is 57.0 Å². The fraction of sp³-hybridized carbons (Fsp3) is 0.370. The first-order chi connectivity index (χ1) is 17.4. The fourth-order valence-electron chi connectivity index (χ4n) is 4.98. The number of esters is 1. The average Bonchev–Trinajstić information content (AvgIpc) is 3.23. The highest BCUT2D eigenvalue weighted by atomic mass is 16.5. The molecule has 2 atom stereocenters. The lowest BCUT2D eigenvalue weighted by Crippen LogP contribution is -2.25. The van der Waals surface area contributed by atoms with Crippen molar-refractivity contribution in [3.05, 3.63) is 58.6 Å². The molecule has 2 N–H and O–H groups in total. The molecule has 9 heteroatoms. The minimum absolute atomic E-state index is 0.145. The van der Waals surface area contributed by atoms with E-state index in [0.717, 1.165) is 35.9 Å². The summed E-state index contributed by atoms with van der Waals surface area (Å²) in [4.78, 5) is 36.6. The van der Waals surface area contributed by atoms with Crippen LogP contribution in [0.3, 0.4) is 0 Å². The van der Waals surface area contributed by atoms with Crippen LogP contribution in [0.5, 0.6) is 0 Å². The summed E-state index contributed by atoms with van der Waals surface area (Å²) in [5.74, 6) is 0.343. The van der Waals surface area contributed by atoms with Gasteiger partial charge in [0, 0.05) is 36.5 Å². The highest BCUT2D eigenvalue weighted by Crippen LogP contribution is 2.36. The number of H-pyrrole nitrogens is 1. The molecule has 0 radical (unpaired) electrons. The summed E-state index contributed by atoms with van der Waals surface area (Å²) in [6.45, 7) is 3.61. The normalized spacial score (nSPS) is 18.3. The monoisotopic (exact) mass is 486 g/mol. The third-order valence-electron chi connectivity index (χ3n) is 6.57. The van der Waals surface area contributed by atoms with E-state index in [0.29, 0.717) is 16.7 Å². The number of benzene rings is 1. The number of rotatable bonds is 6. The largest absolute Gasteiger partial charge is 0.458 e. The van der Waals surface area contributed by atoms with E-state index < -0.39 is 5.97 Å². The Balaban J connectivity index is 1.50. The van der Waals surface area contributed by atoms with Gasteiger partial charge in [0.2, 0.25) is 0 Å². The Kier molecular flexibility index (Phi) is 6.54. The van der Waals surface area contributed by atoms with E-state index >= 15 is 0 Å². The first kappa shape index (κ1) is 23.7. The average molecular weight is 487 g/mol. The molecule has 3 heterocycles. The van der Waals surface area contributed by atoms with Crippen molar-refractivity contribution in [1.82, 2.24) is 19.7 Å². The highest BCUT2D eigenvalue weighted by molar-refractivity contribution is 5.94. The fourth-order valence-corrected chi connectivity index (χ4v) is 4.98. The molecule has 1 aliphatic rings. The topological polar surface area (TPSA) is 114 Å². The number of hydrogen-bond acceptors (Lipinski definition) is 7. The molecule has 0 unspecified atom stereocenters. The number of nitrogens with zero attached hydrogens (tertiary/aromatic N) is 4. The van der Waals surface area contributed by atoms with Gasteiger partial charge in [0.05, 0.1) is 23.2 Å². The minimum atomic E-state index is -0.445. The number of carbonyl (C=O) groups is 1. The Morgan fingerprint density at radius 3 is 2.86 bits per heavy atom. The molecule has 0 bridgehead atoms. The van der Waals surface area contributed by atoms with Gasteiger partial charge < -0.3 is 20.0 Å². The number of anilines is 2. The van der Waals surface area contributed by atoms with Crippen LogP contribution in [0, 0.1) is 5.92 Å². The maximum absolute atomic E-state index is 12.9. The molecule has 3 aromatic heterocycles. The molecular formula is C27H30N6O3. The lowest BCUT2D eigenvalue weighted by molar-refractivity contribution is 0.0371. The number of fused-ring (bicyclic) bond motifs is 2. The maximum atomic E-state index is 12.9. The molecule has 5 rings (SSSR count). The van der Waals surface area contributed by atoms with Crippen LogP contribution in [0.2, 0.25) is 0 Å². The van der Waals surface area contributed by atoms with Crippen molar-refractivity contribution in [2.75, 3.05) is 12.4 Å². The van der Waals surface area contributed by atoms with E-state index in [1.165, 1.54) is 6.42 Å². The molecule has 0 saturated heterocycles. The number of ether oxygens (including phenoxy) is 1. The van der Waals surface area contributed by atoms with Crippen molar-refractivity contribution in [3.63, 3.8) is 0 Å². The minimum Gasteiger partial charge on any atom is -0.458 e. The SMILES string of the molecule is CN=C[C@H]1CCCC[C@@H]1n1nc(Nc2ccc3nc(C(=O)OC(C)C)ccc3c2)c2c(=O)[nH]ccc21. The van der Waals surface area contributed by atoms with Crippen molar-refractivity contribution in [2.45, 2.75) is 51.7 Å². The lowest BCUT2D eigenvalue weighted by Gasteiger charge is -2.29. The number of carbonyl (C=O) groups excluding carboxylic acids is 1. The molecule has 1 aromatic carbocycles. The molecule has 186 valence electrons. The van der Waals surface area contributed by atoms with Crippen LogP contribution in [0.4, 0.5) is 11.5 Å². The zero-order valence-electron chi connectivity index (χ0n) is 20.7. The summed E-state index contributed by atoms with van der Waals surface area (Å²) in [6, 6.07) is 11.2. The molecule has 1 fully saturated rings. The predicted molar refractivity (Wildman–Crippen MR) is 141 cm³/mol. The van der Waals surface area contributed by atoms with Crippen molar-refractivity contribution in [1.29, 1.82) is 0 Å². The van der Waals surface area contributed by atoms with Crippen molar-refractivity contribution in [3.8, 4) is 0 Å². The second-order valence-corrected chi connectivity index (χ2v) is 9.47. The summed E-state index contributed by atoms with van der Waals surface area (Å²) >= 11 is 0. The molecule has 0 spiro atoms. The quantitative estimate of drug-likeness (QED) is 0.292. The summed E-state index contributed by atoms with van der Waals surface area (Å²) < 4.78 is 7.24. The molecule has 0 amide bonds. The van der Waals surface area contributed by atoms with Gasteiger partial charge in [-0.15, -0.1) is 0 Å². The van der Waals surface area contributed by atoms with Crippen LogP contribution in [-0.4, -0.2) is 45.1 Å². The molecule has 36 heavy (non-hydrogen) atoms. The van der Waals surface area contributed by atoms with Gasteiger partial charge in [-0.2, -0.15) is 5.10 Å². The molecular weight excluding hydrogens is 456 g/mol. The van der Waals surface area contributed by atoms with E-state index in [4.69, 9.17) is 9.84 Å². The zero-order valence-corrected chi connectivity index (χ0v) is 20.7. The number of aromatic nitrogens is 4. The van der Waals surface area contributed by atoms with Gasteiger partial charge in [-0.3, -0.25) is 9.48 Å². The standard InChI is InChI=1S/C27H30N6O3/c1-16(2)36-27(35)21-10-8-17-14-19(9-11-20(17)31-21)30-25-24-23(12-13-29-26(24)34)33(32-25)22-7-5-4-6-18(22)15-28-3/h8-16,18,22H,4-7H2,1-3H3,(H,29,34)(H,30,32)/t18-,22+/m1/s1. The van der Waals surface area contributed by atoms with Gasteiger partial charge in [0.25, 0.3) is 5.56 Å². The zero-order chi connectivity index (χ0) is 25.2. The van der Waals surface area contributed by atoms with Crippen LogP contribution >= 0.6 is 0 Å². The van der Waals surface area contributed by atoms with Gasteiger partial charge in [-0.25, -0.2) is 9.78 Å². The number of aliphatic imine (C=N–C) groups is 1. The number of nitrogens with one attached hydrogen (secondary N) is 2. The maximum Gasteiger partial charge on any atom is 0.357 e. The van der Waals surface area contributed by atoms with Gasteiger partial charge >= 0.3 is 5.97 Å². The smallest absolute Gasteiger partial charge is 0.357 e. The highest BCUT2D eigenvalue weighted by Gasteiger charge is 2.28.